The van der Waals surface area contributed by atoms with E-state index in [9.17, 15) is 17.8 Å². The third kappa shape index (κ3) is 9.27. The molecule has 0 bridgehead atoms. The maximum Gasteiger partial charge on any atom is 0.303 e. The summed E-state index contributed by atoms with van der Waals surface area (Å²) in [5.74, 6) is 0.809. The Morgan fingerprint density at radius 2 is 1.69 bits per heavy atom. The van der Waals surface area contributed by atoms with Crippen LogP contribution in [0.2, 0.25) is 0 Å². The quantitative estimate of drug-likeness (QED) is 0.106. The van der Waals surface area contributed by atoms with Crippen LogP contribution in [0.3, 0.4) is 0 Å². The molecule has 0 aromatic heterocycles. The molecule has 0 spiro atoms. The van der Waals surface area contributed by atoms with Crippen LogP contribution < -0.4 is 14.8 Å². The maximum atomic E-state index is 12.0. The molecule has 0 atom stereocenters. The highest BCUT2D eigenvalue weighted by molar-refractivity contribution is 7.85. The van der Waals surface area contributed by atoms with Gasteiger partial charge >= 0.3 is 5.97 Å². The van der Waals surface area contributed by atoms with Crippen LogP contribution in [0, 0.1) is 0 Å². The first-order valence-corrected chi connectivity index (χ1v) is 18.2. The smallest absolute Gasteiger partial charge is 0.303 e. The van der Waals surface area contributed by atoms with Crippen molar-refractivity contribution in [1.29, 1.82) is 0 Å². The van der Waals surface area contributed by atoms with E-state index in [-0.39, 0.29) is 16.7 Å². The second-order valence-electron chi connectivity index (χ2n) is 14.0. The molecule has 0 unspecified atom stereocenters. The van der Waals surface area contributed by atoms with Crippen molar-refractivity contribution in [1.82, 2.24) is 4.58 Å². The molecule has 1 aliphatic carbocycles. The number of benzene rings is 2. The lowest BCUT2D eigenvalue weighted by atomic mass is 9.83. The van der Waals surface area contributed by atoms with Crippen LogP contribution in [-0.4, -0.2) is 71.1 Å². The predicted molar refractivity (Wildman–Crippen MR) is 193 cm³/mol. The number of ether oxygens (including phenoxy) is 2. The lowest BCUT2D eigenvalue weighted by Gasteiger charge is -2.27. The van der Waals surface area contributed by atoms with E-state index in [4.69, 9.17) is 19.0 Å². The summed E-state index contributed by atoms with van der Waals surface area (Å²) in [7, 11) is -0.998. The maximum absolute atomic E-state index is 12.0. The highest BCUT2D eigenvalue weighted by Crippen LogP contribution is 2.48. The SMILES string of the molecule is COCC[N+](CCOC)=c1ccc2c(/C=C/C=C3/N(CCCCCC(=O)O)c4ccc(S(=O)(=O)O)cc4C3(C)C)cc(C(C)(C)C)oc-2c1. The van der Waals surface area contributed by atoms with Crippen molar-refractivity contribution in [3.05, 3.63) is 82.6 Å². The largest absolute Gasteiger partial charge is 0.481 e. The first kappa shape index (κ1) is 38.0. The first-order valence-electron chi connectivity index (χ1n) is 16.7. The van der Waals surface area contributed by atoms with Gasteiger partial charge in [-0.1, -0.05) is 53.2 Å². The molecule has 11 heteroatoms. The highest BCUT2D eigenvalue weighted by Gasteiger charge is 2.40. The summed E-state index contributed by atoms with van der Waals surface area (Å²) < 4.78 is 53.3. The molecule has 2 aliphatic heterocycles. The van der Waals surface area contributed by atoms with E-state index in [2.05, 4.69) is 66.7 Å². The number of methoxy groups -OCH3 is 2. The Labute approximate surface area is 290 Å². The van der Waals surface area contributed by atoms with Gasteiger partial charge in [-0.25, -0.2) is 4.58 Å². The molecule has 266 valence electrons. The van der Waals surface area contributed by atoms with Crippen molar-refractivity contribution in [3.63, 3.8) is 0 Å². The van der Waals surface area contributed by atoms with E-state index in [1.165, 1.54) is 6.07 Å². The molecule has 49 heavy (non-hydrogen) atoms. The highest BCUT2D eigenvalue weighted by atomic mass is 32.2. The number of rotatable bonds is 15. The van der Waals surface area contributed by atoms with Crippen LogP contribution in [0.5, 0.6) is 0 Å². The molecule has 4 rings (SSSR count). The van der Waals surface area contributed by atoms with E-state index in [0.29, 0.717) is 39.3 Å². The lowest BCUT2D eigenvalue weighted by Crippen LogP contribution is -2.35. The molecular weight excluding hydrogens is 644 g/mol. The summed E-state index contributed by atoms with van der Waals surface area (Å²) in [6.07, 6.45) is 8.36. The van der Waals surface area contributed by atoms with E-state index in [0.717, 1.165) is 57.8 Å². The molecule has 0 saturated carbocycles. The van der Waals surface area contributed by atoms with E-state index >= 15 is 0 Å². The zero-order valence-electron chi connectivity index (χ0n) is 29.8. The molecule has 0 radical (unpaired) electrons. The molecule has 2 N–H and O–H groups in total. The molecular formula is C38H51N2O8S+. The number of nitrogens with zero attached hydrogens (tertiary/aromatic N) is 2. The predicted octanol–water partition coefficient (Wildman–Crippen LogP) is 6.33. The number of hydrogen-bond donors (Lipinski definition) is 2. The van der Waals surface area contributed by atoms with E-state index < -0.39 is 21.5 Å². The normalized spacial score (nSPS) is 15.4. The molecule has 0 amide bonds. The number of carboxylic acid groups (broad SMARTS) is 1. The summed E-state index contributed by atoms with van der Waals surface area (Å²) in [5, 5.41) is 10.1. The number of allylic oxidation sites excluding steroid dienone is 3. The van der Waals surface area contributed by atoms with Crippen LogP contribution in [0.1, 0.15) is 77.2 Å². The summed E-state index contributed by atoms with van der Waals surface area (Å²) in [5.41, 5.74) is 3.78. The zero-order chi connectivity index (χ0) is 36.0. The fourth-order valence-corrected chi connectivity index (χ4v) is 6.71. The minimum Gasteiger partial charge on any atom is -0.481 e. The van der Waals surface area contributed by atoms with E-state index in [1.807, 2.05) is 19.9 Å². The Morgan fingerprint density at radius 1 is 1.00 bits per heavy atom. The standard InChI is InChI=1S/C38H50N2O8S/c1-37(2,3)35-24-27(30-17-15-28(25-33(30)48-35)39(20-22-46-6)21-23-47-7)12-11-13-34-38(4,5)31-26-29(49(43,44)45)16-18-32(31)40(34)19-10-8-9-14-36(41)42/h11-13,15-18,24-26H,8-10,14,19-23H2,1-7H3,(H-,41,42,43,44,45)/p+1. The van der Waals surface area contributed by atoms with Crippen LogP contribution in [0.25, 0.3) is 17.4 Å². The van der Waals surface area contributed by atoms with Crippen molar-refractivity contribution in [2.45, 2.75) is 76.0 Å². The van der Waals surface area contributed by atoms with Gasteiger partial charge in [0.15, 0.2) is 13.1 Å². The number of anilines is 1. The van der Waals surface area contributed by atoms with Crippen LogP contribution in [-0.2, 0) is 35.2 Å². The van der Waals surface area contributed by atoms with Crippen molar-refractivity contribution in [2.24, 2.45) is 0 Å². The van der Waals surface area contributed by atoms with Gasteiger partial charge in [0.1, 0.15) is 24.7 Å². The number of aliphatic carboxylic acids is 1. The summed E-state index contributed by atoms with van der Waals surface area (Å²) in [6, 6.07) is 13.0. The van der Waals surface area contributed by atoms with Crippen molar-refractivity contribution < 1.29 is 36.8 Å². The van der Waals surface area contributed by atoms with Gasteiger partial charge in [-0.2, -0.15) is 8.42 Å². The average molecular weight is 696 g/mol. The molecule has 1 aromatic rings. The fraction of sp³-hybridized carbons (Fsp3) is 0.474. The topological polar surface area (TPSA) is 130 Å². The molecule has 1 aromatic carbocycles. The number of unbranched alkanes of at least 4 members (excludes halogenated alkanes) is 2. The van der Waals surface area contributed by atoms with Gasteiger partial charge in [0.25, 0.3) is 10.1 Å². The van der Waals surface area contributed by atoms with Gasteiger partial charge in [0.05, 0.1) is 11.0 Å². The summed E-state index contributed by atoms with van der Waals surface area (Å²) >= 11 is 0. The van der Waals surface area contributed by atoms with Gasteiger partial charge in [0, 0.05) is 61.0 Å². The first-order chi connectivity index (χ1) is 23.1. The van der Waals surface area contributed by atoms with Crippen molar-refractivity contribution in [2.75, 3.05) is 52.0 Å². The van der Waals surface area contributed by atoms with Crippen LogP contribution in [0.4, 0.5) is 5.69 Å². The number of carbonyl (C=O) groups is 1. The monoisotopic (exact) mass is 695 g/mol. The second-order valence-corrected chi connectivity index (χ2v) is 15.4. The molecule has 3 aliphatic rings. The Kier molecular flexibility index (Phi) is 12.3. The van der Waals surface area contributed by atoms with Gasteiger partial charge < -0.3 is 23.9 Å². The van der Waals surface area contributed by atoms with Gasteiger partial charge in [-0.15, -0.1) is 0 Å². The van der Waals surface area contributed by atoms with E-state index in [1.54, 1.807) is 26.4 Å². The number of carboxylic acids is 1. The van der Waals surface area contributed by atoms with Gasteiger partial charge in [0.2, 0.25) is 5.36 Å². The molecule has 2 heterocycles. The van der Waals surface area contributed by atoms with Gasteiger partial charge in [-0.3, -0.25) is 9.35 Å². The van der Waals surface area contributed by atoms with Gasteiger partial charge in [-0.05, 0) is 60.4 Å². The Bertz CT molecular complexity index is 1840. The lowest BCUT2D eigenvalue weighted by molar-refractivity contribution is -0.137. The van der Waals surface area contributed by atoms with Crippen molar-refractivity contribution >= 4 is 27.9 Å². The fourth-order valence-electron chi connectivity index (χ4n) is 6.20. The third-order valence-corrected chi connectivity index (χ3v) is 9.83. The Balaban J connectivity index is 1.79. The second kappa shape index (κ2) is 15.8. The zero-order valence-corrected chi connectivity index (χ0v) is 30.6. The number of hydrogen-bond acceptors (Lipinski definition) is 7. The summed E-state index contributed by atoms with van der Waals surface area (Å²) in [6.45, 7) is 13.7. The minimum atomic E-state index is -4.38. The summed E-state index contributed by atoms with van der Waals surface area (Å²) in [4.78, 5) is 13.1. The molecule has 0 fully saturated rings. The molecule has 0 saturated heterocycles. The number of fused-ring (bicyclic) bond motifs is 2. The average Bonchev–Trinajstić information content (AvgIpc) is 3.24. The Morgan fingerprint density at radius 3 is 2.31 bits per heavy atom. The van der Waals surface area contributed by atoms with Crippen LogP contribution >= 0.6 is 0 Å². The van der Waals surface area contributed by atoms with Crippen LogP contribution in [0.15, 0.2) is 69.6 Å². The Hall–Kier alpha value is -3.77. The minimum absolute atomic E-state index is 0.124. The third-order valence-electron chi connectivity index (χ3n) is 8.98. The molecule has 10 nitrogen and oxygen atoms in total. The van der Waals surface area contributed by atoms with Crippen molar-refractivity contribution in [3.8, 4) is 11.3 Å².